The largest absolute Gasteiger partial charge is 0.467 e. The lowest BCUT2D eigenvalue weighted by atomic mass is 10.2. The highest BCUT2D eigenvalue weighted by Crippen LogP contribution is 2.17. The second-order valence-corrected chi connectivity index (χ2v) is 2.97. The minimum Gasteiger partial charge on any atom is -0.467 e. The molecule has 0 saturated carbocycles. The number of hydrogen-bond donors (Lipinski definition) is 1. The molecule has 1 aliphatic rings. The SMILES string of the molecule is COC(=O)[C@@H]1CCCN1C(=O)CN. The topological polar surface area (TPSA) is 72.6 Å². The Balaban J connectivity index is 2.63. The first-order valence-electron chi connectivity index (χ1n) is 4.28. The number of amides is 1. The smallest absolute Gasteiger partial charge is 0.328 e. The van der Waals surface area contributed by atoms with Gasteiger partial charge in [-0.25, -0.2) is 4.79 Å². The zero-order valence-corrected chi connectivity index (χ0v) is 7.66. The van der Waals surface area contributed by atoms with Crippen molar-refractivity contribution in [1.29, 1.82) is 0 Å². The van der Waals surface area contributed by atoms with Crippen LogP contribution in [0.15, 0.2) is 0 Å². The van der Waals surface area contributed by atoms with Crippen LogP contribution in [0, 0.1) is 0 Å². The van der Waals surface area contributed by atoms with E-state index in [1.54, 1.807) is 0 Å². The second-order valence-electron chi connectivity index (χ2n) is 2.97. The van der Waals surface area contributed by atoms with Gasteiger partial charge < -0.3 is 15.4 Å². The van der Waals surface area contributed by atoms with E-state index in [-0.39, 0.29) is 18.4 Å². The van der Waals surface area contributed by atoms with Gasteiger partial charge in [-0.2, -0.15) is 0 Å². The van der Waals surface area contributed by atoms with Gasteiger partial charge in [-0.05, 0) is 12.8 Å². The molecule has 2 N–H and O–H groups in total. The number of carbonyl (C=O) groups is 2. The van der Waals surface area contributed by atoms with Crippen LogP contribution in [0.5, 0.6) is 0 Å². The highest BCUT2D eigenvalue weighted by molar-refractivity contribution is 5.86. The van der Waals surface area contributed by atoms with E-state index in [9.17, 15) is 9.59 Å². The molecule has 1 rings (SSSR count). The molecule has 1 fully saturated rings. The number of methoxy groups -OCH3 is 1. The van der Waals surface area contributed by atoms with Crippen molar-refractivity contribution in [2.24, 2.45) is 5.73 Å². The quantitative estimate of drug-likeness (QED) is 0.568. The molecule has 0 aromatic heterocycles. The van der Waals surface area contributed by atoms with E-state index in [1.165, 1.54) is 12.0 Å². The number of carbonyl (C=O) groups excluding carboxylic acids is 2. The normalized spacial score (nSPS) is 21.7. The average Bonchev–Trinajstić information content (AvgIpc) is 2.63. The van der Waals surface area contributed by atoms with E-state index in [1.807, 2.05) is 0 Å². The molecule has 0 aromatic carbocycles. The molecule has 74 valence electrons. The maximum Gasteiger partial charge on any atom is 0.328 e. The van der Waals surface area contributed by atoms with Gasteiger partial charge in [0.1, 0.15) is 6.04 Å². The summed E-state index contributed by atoms with van der Waals surface area (Å²) < 4.78 is 4.59. The summed E-state index contributed by atoms with van der Waals surface area (Å²) in [5, 5.41) is 0. The van der Waals surface area contributed by atoms with E-state index in [4.69, 9.17) is 5.73 Å². The van der Waals surface area contributed by atoms with Crippen molar-refractivity contribution in [1.82, 2.24) is 4.90 Å². The summed E-state index contributed by atoms with van der Waals surface area (Å²) in [6.07, 6.45) is 1.52. The van der Waals surface area contributed by atoms with Gasteiger partial charge in [0, 0.05) is 6.54 Å². The van der Waals surface area contributed by atoms with Gasteiger partial charge in [-0.15, -0.1) is 0 Å². The van der Waals surface area contributed by atoms with Crippen LogP contribution in [0.3, 0.4) is 0 Å². The first kappa shape index (κ1) is 9.98. The van der Waals surface area contributed by atoms with Crippen LogP contribution in [0.2, 0.25) is 0 Å². The number of likely N-dealkylation sites (tertiary alicyclic amines) is 1. The minimum absolute atomic E-state index is 0.0481. The van der Waals surface area contributed by atoms with Crippen molar-refractivity contribution < 1.29 is 14.3 Å². The van der Waals surface area contributed by atoms with Crippen molar-refractivity contribution in [3.8, 4) is 0 Å². The summed E-state index contributed by atoms with van der Waals surface area (Å²) in [6, 6.07) is -0.416. The molecule has 5 heteroatoms. The Labute approximate surface area is 76.8 Å². The van der Waals surface area contributed by atoms with Crippen molar-refractivity contribution in [2.45, 2.75) is 18.9 Å². The lowest BCUT2D eigenvalue weighted by Crippen LogP contribution is -2.43. The Morgan fingerprint density at radius 1 is 1.62 bits per heavy atom. The van der Waals surface area contributed by atoms with Crippen molar-refractivity contribution in [3.63, 3.8) is 0 Å². The first-order valence-corrected chi connectivity index (χ1v) is 4.28. The lowest BCUT2D eigenvalue weighted by molar-refractivity contribution is -0.150. The predicted octanol–water partition coefficient (Wildman–Crippen LogP) is -0.891. The fraction of sp³-hybridized carbons (Fsp3) is 0.750. The molecule has 13 heavy (non-hydrogen) atoms. The van der Waals surface area contributed by atoms with E-state index in [2.05, 4.69) is 4.74 Å². The van der Waals surface area contributed by atoms with Crippen LogP contribution in [0.4, 0.5) is 0 Å². The summed E-state index contributed by atoms with van der Waals surface area (Å²) in [5.41, 5.74) is 5.21. The third-order valence-electron chi connectivity index (χ3n) is 2.22. The zero-order chi connectivity index (χ0) is 9.84. The van der Waals surface area contributed by atoms with E-state index in [0.29, 0.717) is 13.0 Å². The van der Waals surface area contributed by atoms with Crippen LogP contribution in [0.25, 0.3) is 0 Å². The maximum absolute atomic E-state index is 11.2. The zero-order valence-electron chi connectivity index (χ0n) is 7.66. The number of nitrogens with zero attached hydrogens (tertiary/aromatic N) is 1. The van der Waals surface area contributed by atoms with Crippen molar-refractivity contribution in [3.05, 3.63) is 0 Å². The molecule has 0 radical (unpaired) electrons. The molecule has 0 bridgehead atoms. The third-order valence-corrected chi connectivity index (χ3v) is 2.22. The molecule has 1 saturated heterocycles. The number of hydrogen-bond acceptors (Lipinski definition) is 4. The molecule has 1 heterocycles. The Morgan fingerprint density at radius 2 is 2.31 bits per heavy atom. The van der Waals surface area contributed by atoms with Gasteiger partial charge in [0.25, 0.3) is 0 Å². The summed E-state index contributed by atoms with van der Waals surface area (Å²) in [5.74, 6) is -0.535. The second kappa shape index (κ2) is 4.23. The third kappa shape index (κ3) is 1.98. The summed E-state index contributed by atoms with van der Waals surface area (Å²) >= 11 is 0. The summed E-state index contributed by atoms with van der Waals surface area (Å²) in [7, 11) is 1.33. The maximum atomic E-state index is 11.2. The van der Waals surface area contributed by atoms with Crippen LogP contribution < -0.4 is 5.73 Å². The van der Waals surface area contributed by atoms with Crippen LogP contribution in [-0.4, -0.2) is 43.0 Å². The molecule has 0 spiro atoms. The van der Waals surface area contributed by atoms with E-state index >= 15 is 0 Å². The number of rotatable bonds is 2. The fourth-order valence-corrected chi connectivity index (χ4v) is 1.56. The number of esters is 1. The van der Waals surface area contributed by atoms with Gasteiger partial charge in [-0.1, -0.05) is 0 Å². The van der Waals surface area contributed by atoms with Crippen LogP contribution in [0.1, 0.15) is 12.8 Å². The van der Waals surface area contributed by atoms with E-state index < -0.39 is 6.04 Å². The Kier molecular flexibility index (Phi) is 3.25. The molecule has 1 amide bonds. The van der Waals surface area contributed by atoms with Gasteiger partial charge in [0.2, 0.25) is 5.91 Å². The number of nitrogens with two attached hydrogens (primary N) is 1. The summed E-state index contributed by atoms with van der Waals surface area (Å²) in [6.45, 7) is 0.559. The predicted molar refractivity (Wildman–Crippen MR) is 45.8 cm³/mol. The van der Waals surface area contributed by atoms with Gasteiger partial charge in [0.15, 0.2) is 0 Å². The standard InChI is InChI=1S/C8H14N2O3/c1-13-8(12)6-3-2-4-10(6)7(11)5-9/h6H,2-5,9H2,1H3/t6-/m0/s1. The molecule has 1 atom stereocenters. The highest BCUT2D eigenvalue weighted by atomic mass is 16.5. The Morgan fingerprint density at radius 3 is 2.85 bits per heavy atom. The molecule has 0 aromatic rings. The first-order chi connectivity index (χ1) is 6.20. The molecule has 0 aliphatic carbocycles. The average molecular weight is 186 g/mol. The highest BCUT2D eigenvalue weighted by Gasteiger charge is 2.33. The van der Waals surface area contributed by atoms with Crippen LogP contribution in [-0.2, 0) is 14.3 Å². The Hall–Kier alpha value is -1.10. The molecule has 0 unspecified atom stereocenters. The van der Waals surface area contributed by atoms with Crippen LogP contribution >= 0.6 is 0 Å². The monoisotopic (exact) mass is 186 g/mol. The van der Waals surface area contributed by atoms with Crippen molar-refractivity contribution >= 4 is 11.9 Å². The molecule has 1 aliphatic heterocycles. The van der Waals surface area contributed by atoms with E-state index in [0.717, 1.165) is 6.42 Å². The van der Waals surface area contributed by atoms with Crippen molar-refractivity contribution in [2.75, 3.05) is 20.2 Å². The molecular formula is C8H14N2O3. The van der Waals surface area contributed by atoms with Gasteiger partial charge >= 0.3 is 5.97 Å². The minimum atomic E-state index is -0.416. The summed E-state index contributed by atoms with van der Waals surface area (Å²) in [4.78, 5) is 23.9. The number of ether oxygens (including phenoxy) is 1. The molecular weight excluding hydrogens is 172 g/mol. The molecule has 5 nitrogen and oxygen atoms in total. The van der Waals surface area contributed by atoms with Gasteiger partial charge in [0.05, 0.1) is 13.7 Å². The lowest BCUT2D eigenvalue weighted by Gasteiger charge is -2.21. The Bertz CT molecular complexity index is 195. The fourth-order valence-electron chi connectivity index (χ4n) is 1.56. The van der Waals surface area contributed by atoms with Gasteiger partial charge in [-0.3, -0.25) is 4.79 Å².